The Morgan fingerprint density at radius 2 is 1.80 bits per heavy atom. The molecule has 0 aliphatic carbocycles. The lowest BCUT2D eigenvalue weighted by atomic mass is 10.0. The molecule has 0 atom stereocenters. The zero-order valence-corrected chi connectivity index (χ0v) is 17.0. The Labute approximate surface area is 173 Å². The maximum atomic E-state index is 13.0. The van der Waals surface area contributed by atoms with Crippen LogP contribution in [0.5, 0.6) is 17.2 Å². The number of fused-ring (bicyclic) bond motifs is 2. The minimum atomic E-state index is -0.582. The Morgan fingerprint density at radius 1 is 1.03 bits per heavy atom. The summed E-state index contributed by atoms with van der Waals surface area (Å²) in [4.78, 5) is 24.8. The standard InChI is InChI=1S/C23H22O7/c1-23(2,3)30-21(24)13-28-15-5-6-16-19(11-15)29-12-17(22(16)25)14-4-7-18-20(10-14)27-9-8-26-18/h4-7,10-12H,8-9,13H2,1-3H3. The zero-order chi connectivity index (χ0) is 21.3. The van der Waals surface area contributed by atoms with Crippen molar-refractivity contribution in [2.24, 2.45) is 0 Å². The van der Waals surface area contributed by atoms with Crippen molar-refractivity contribution in [2.75, 3.05) is 19.8 Å². The summed E-state index contributed by atoms with van der Waals surface area (Å²) < 4.78 is 27.5. The van der Waals surface area contributed by atoms with Crippen LogP contribution in [0.25, 0.3) is 22.1 Å². The van der Waals surface area contributed by atoms with E-state index in [4.69, 9.17) is 23.4 Å². The highest BCUT2D eigenvalue weighted by atomic mass is 16.6. The van der Waals surface area contributed by atoms with Gasteiger partial charge in [-0.2, -0.15) is 0 Å². The highest BCUT2D eigenvalue weighted by molar-refractivity contribution is 5.83. The smallest absolute Gasteiger partial charge is 0.344 e. The summed E-state index contributed by atoms with van der Waals surface area (Å²) in [7, 11) is 0. The third-order valence-electron chi connectivity index (χ3n) is 4.38. The quantitative estimate of drug-likeness (QED) is 0.602. The van der Waals surface area contributed by atoms with E-state index >= 15 is 0 Å². The van der Waals surface area contributed by atoms with Crippen LogP contribution >= 0.6 is 0 Å². The molecule has 0 bridgehead atoms. The van der Waals surface area contributed by atoms with Gasteiger partial charge >= 0.3 is 5.97 Å². The van der Waals surface area contributed by atoms with Gasteiger partial charge in [0.15, 0.2) is 23.5 Å². The summed E-state index contributed by atoms with van der Waals surface area (Å²) in [6.45, 7) is 6.10. The largest absolute Gasteiger partial charge is 0.486 e. The fourth-order valence-electron chi connectivity index (χ4n) is 3.12. The van der Waals surface area contributed by atoms with Crippen LogP contribution < -0.4 is 19.6 Å². The number of esters is 1. The number of benzene rings is 2. The third kappa shape index (κ3) is 4.25. The van der Waals surface area contributed by atoms with Gasteiger partial charge in [-0.15, -0.1) is 0 Å². The highest BCUT2D eigenvalue weighted by Gasteiger charge is 2.18. The number of carbonyl (C=O) groups excluding carboxylic acids is 1. The first-order chi connectivity index (χ1) is 14.3. The molecule has 1 aliphatic rings. The summed E-state index contributed by atoms with van der Waals surface area (Å²) >= 11 is 0. The molecule has 0 radical (unpaired) electrons. The van der Waals surface area contributed by atoms with Gasteiger partial charge in [-0.05, 0) is 50.6 Å². The van der Waals surface area contributed by atoms with Crippen molar-refractivity contribution in [1.82, 2.24) is 0 Å². The number of ether oxygens (including phenoxy) is 4. The summed E-state index contributed by atoms with van der Waals surface area (Å²) in [5, 5.41) is 0.409. The lowest BCUT2D eigenvalue weighted by molar-refractivity contribution is -0.157. The Kier molecular flexibility index (Phi) is 5.11. The molecule has 2 heterocycles. The van der Waals surface area contributed by atoms with Gasteiger partial charge in [-0.3, -0.25) is 4.79 Å². The van der Waals surface area contributed by atoms with Gasteiger partial charge in [0.1, 0.15) is 36.4 Å². The van der Waals surface area contributed by atoms with Gasteiger partial charge in [0.2, 0.25) is 0 Å². The van der Waals surface area contributed by atoms with Gasteiger partial charge in [0.25, 0.3) is 0 Å². The van der Waals surface area contributed by atoms with Gasteiger partial charge in [0, 0.05) is 6.07 Å². The molecule has 7 heteroatoms. The van der Waals surface area contributed by atoms with Crippen LogP contribution in [0.1, 0.15) is 20.8 Å². The van der Waals surface area contributed by atoms with Crippen LogP contribution in [0.15, 0.2) is 51.9 Å². The molecule has 0 spiro atoms. The van der Waals surface area contributed by atoms with Gasteiger partial charge in [-0.25, -0.2) is 4.79 Å². The predicted molar refractivity (Wildman–Crippen MR) is 110 cm³/mol. The molecule has 30 heavy (non-hydrogen) atoms. The Hall–Kier alpha value is -3.48. The maximum absolute atomic E-state index is 13.0. The van der Waals surface area contributed by atoms with E-state index in [1.165, 1.54) is 6.26 Å². The molecule has 0 fully saturated rings. The summed E-state index contributed by atoms with van der Waals surface area (Å²) in [5.41, 5.74) is 0.706. The van der Waals surface area contributed by atoms with Crippen LogP contribution in [-0.4, -0.2) is 31.4 Å². The van der Waals surface area contributed by atoms with E-state index in [0.29, 0.717) is 52.6 Å². The Balaban J connectivity index is 1.57. The van der Waals surface area contributed by atoms with Crippen molar-refractivity contribution >= 4 is 16.9 Å². The lowest BCUT2D eigenvalue weighted by Crippen LogP contribution is -2.27. The molecular weight excluding hydrogens is 388 g/mol. The van der Waals surface area contributed by atoms with Crippen molar-refractivity contribution in [3.63, 3.8) is 0 Å². The average molecular weight is 410 g/mol. The maximum Gasteiger partial charge on any atom is 0.344 e. The van der Waals surface area contributed by atoms with E-state index in [9.17, 15) is 9.59 Å². The van der Waals surface area contributed by atoms with Crippen molar-refractivity contribution in [2.45, 2.75) is 26.4 Å². The van der Waals surface area contributed by atoms with Crippen LogP contribution in [0.3, 0.4) is 0 Å². The van der Waals surface area contributed by atoms with E-state index in [-0.39, 0.29) is 12.0 Å². The molecule has 1 aromatic heterocycles. The predicted octanol–water partition coefficient (Wildman–Crippen LogP) is 3.95. The van der Waals surface area contributed by atoms with Crippen molar-refractivity contribution in [3.05, 3.63) is 52.9 Å². The summed E-state index contributed by atoms with van der Waals surface area (Å²) in [6, 6.07) is 10.2. The van der Waals surface area contributed by atoms with Crippen LogP contribution in [0.2, 0.25) is 0 Å². The van der Waals surface area contributed by atoms with Crippen LogP contribution in [0.4, 0.5) is 0 Å². The molecule has 0 saturated heterocycles. The van der Waals surface area contributed by atoms with Gasteiger partial charge in [-0.1, -0.05) is 6.07 Å². The lowest BCUT2D eigenvalue weighted by Gasteiger charge is -2.19. The molecule has 0 N–H and O–H groups in total. The molecule has 0 saturated carbocycles. The molecule has 3 aromatic rings. The summed E-state index contributed by atoms with van der Waals surface area (Å²) in [5.74, 6) is 1.19. The minimum Gasteiger partial charge on any atom is -0.486 e. The third-order valence-corrected chi connectivity index (χ3v) is 4.38. The molecular formula is C23H22O7. The Bertz CT molecular complexity index is 1150. The first-order valence-corrected chi connectivity index (χ1v) is 9.60. The number of carbonyl (C=O) groups is 1. The molecule has 4 rings (SSSR count). The van der Waals surface area contributed by atoms with Gasteiger partial charge < -0.3 is 23.4 Å². The van der Waals surface area contributed by atoms with E-state index in [1.807, 2.05) is 0 Å². The van der Waals surface area contributed by atoms with Gasteiger partial charge in [0.05, 0.1) is 10.9 Å². The van der Waals surface area contributed by atoms with Crippen LogP contribution in [-0.2, 0) is 9.53 Å². The second-order valence-electron chi connectivity index (χ2n) is 7.87. The SMILES string of the molecule is CC(C)(C)OC(=O)COc1ccc2c(=O)c(-c3ccc4c(c3)OCCO4)coc2c1. The van der Waals surface area contributed by atoms with Crippen molar-refractivity contribution in [1.29, 1.82) is 0 Å². The van der Waals surface area contributed by atoms with E-state index in [0.717, 1.165) is 0 Å². The molecule has 7 nitrogen and oxygen atoms in total. The Morgan fingerprint density at radius 3 is 2.57 bits per heavy atom. The normalized spacial score (nSPS) is 13.2. The van der Waals surface area contributed by atoms with Crippen LogP contribution in [0, 0.1) is 0 Å². The first kappa shape index (κ1) is 19.8. The van der Waals surface area contributed by atoms with Crippen molar-refractivity contribution in [3.8, 4) is 28.4 Å². The highest BCUT2D eigenvalue weighted by Crippen LogP contribution is 2.34. The van der Waals surface area contributed by atoms with E-state index in [2.05, 4.69) is 0 Å². The monoisotopic (exact) mass is 410 g/mol. The molecule has 2 aromatic carbocycles. The molecule has 0 amide bonds. The summed E-state index contributed by atoms with van der Waals surface area (Å²) in [6.07, 6.45) is 1.41. The topological polar surface area (TPSA) is 84.2 Å². The average Bonchev–Trinajstić information content (AvgIpc) is 2.71. The molecule has 1 aliphatic heterocycles. The second kappa shape index (κ2) is 7.74. The molecule has 156 valence electrons. The van der Waals surface area contributed by atoms with E-state index in [1.54, 1.807) is 57.2 Å². The number of rotatable bonds is 4. The van der Waals surface area contributed by atoms with E-state index < -0.39 is 11.6 Å². The fourth-order valence-corrected chi connectivity index (χ4v) is 3.12. The van der Waals surface area contributed by atoms with Crippen molar-refractivity contribution < 1.29 is 28.2 Å². The number of hydrogen-bond donors (Lipinski definition) is 0. The number of hydrogen-bond acceptors (Lipinski definition) is 7. The second-order valence-corrected chi connectivity index (χ2v) is 7.87. The molecule has 0 unspecified atom stereocenters. The first-order valence-electron chi connectivity index (χ1n) is 9.60. The minimum absolute atomic E-state index is 0.174. The zero-order valence-electron chi connectivity index (χ0n) is 17.0. The fraction of sp³-hybridized carbons (Fsp3) is 0.304.